The second-order valence-electron chi connectivity index (χ2n) is 10.6. The predicted molar refractivity (Wildman–Crippen MR) is 121 cm³/mol. The molecule has 0 radical (unpaired) electrons. The Labute approximate surface area is 191 Å². The summed E-state index contributed by atoms with van der Waals surface area (Å²) in [5.41, 5.74) is 0. The van der Waals surface area contributed by atoms with Crippen LogP contribution in [0.4, 0.5) is 4.79 Å². The molecule has 2 saturated carbocycles. The zero-order valence-electron chi connectivity index (χ0n) is 19.6. The summed E-state index contributed by atoms with van der Waals surface area (Å²) in [6.07, 6.45) is 8.51. The van der Waals surface area contributed by atoms with Crippen molar-refractivity contribution < 1.29 is 24.2 Å². The van der Waals surface area contributed by atoms with Crippen LogP contribution in [0.5, 0.6) is 0 Å². The summed E-state index contributed by atoms with van der Waals surface area (Å²) in [6, 6.07) is -1.26. The Morgan fingerprint density at radius 3 is 2.44 bits per heavy atom. The monoisotopic (exact) mass is 451 g/mol. The summed E-state index contributed by atoms with van der Waals surface area (Å²) in [7, 11) is 0. The van der Waals surface area contributed by atoms with Gasteiger partial charge in [0, 0.05) is 12.5 Å². The van der Waals surface area contributed by atoms with E-state index >= 15 is 0 Å². The minimum Gasteiger partial charge on any atom is -0.449 e. The van der Waals surface area contributed by atoms with Crippen LogP contribution in [0, 0.1) is 29.6 Å². The topological polar surface area (TPSA) is 117 Å². The van der Waals surface area contributed by atoms with Crippen molar-refractivity contribution in [2.24, 2.45) is 29.6 Å². The van der Waals surface area contributed by atoms with Gasteiger partial charge in [-0.25, -0.2) is 4.79 Å². The van der Waals surface area contributed by atoms with E-state index < -0.39 is 18.2 Å². The molecule has 8 nitrogen and oxygen atoms in total. The molecule has 1 unspecified atom stereocenters. The second-order valence-corrected chi connectivity index (χ2v) is 10.6. The largest absolute Gasteiger partial charge is 0.449 e. The van der Waals surface area contributed by atoms with Crippen LogP contribution in [-0.2, 0) is 14.3 Å². The summed E-state index contributed by atoms with van der Waals surface area (Å²) in [6.45, 7) is 4.76. The molecule has 32 heavy (non-hydrogen) atoms. The summed E-state index contributed by atoms with van der Waals surface area (Å²) in [4.78, 5) is 37.2. The minimum atomic E-state index is -0.736. The van der Waals surface area contributed by atoms with Gasteiger partial charge in [-0.1, -0.05) is 33.1 Å². The Balaban J connectivity index is 1.47. The molecule has 3 rings (SSSR count). The fourth-order valence-corrected chi connectivity index (χ4v) is 5.78. The molecule has 3 fully saturated rings. The fourth-order valence-electron chi connectivity index (χ4n) is 5.78. The molecule has 1 saturated heterocycles. The average Bonchev–Trinajstić information content (AvgIpc) is 3.15. The molecule has 2 aliphatic carbocycles. The van der Waals surface area contributed by atoms with Crippen molar-refractivity contribution in [3.63, 3.8) is 0 Å². The predicted octanol–water partition coefficient (Wildman–Crippen LogP) is 2.35. The molecule has 0 spiro atoms. The SMILES string of the molecule is CC(C)C[C@H](NC(=O)OCC1C[C@H]2CCC[C@@H](C1)C2)C(=O)N[C@H](CO)C[C@@H]1CCNC1=O. The molecule has 0 aromatic carbocycles. The maximum Gasteiger partial charge on any atom is 0.407 e. The van der Waals surface area contributed by atoms with Crippen LogP contribution in [0.15, 0.2) is 0 Å². The molecule has 3 amide bonds. The van der Waals surface area contributed by atoms with Gasteiger partial charge in [0.1, 0.15) is 6.04 Å². The van der Waals surface area contributed by atoms with E-state index in [0.29, 0.717) is 38.3 Å². The van der Waals surface area contributed by atoms with Crippen molar-refractivity contribution in [1.29, 1.82) is 0 Å². The maximum absolute atomic E-state index is 12.9. The number of carbonyl (C=O) groups is 3. The summed E-state index contributed by atoms with van der Waals surface area (Å²) in [5.74, 6) is 1.57. The van der Waals surface area contributed by atoms with Crippen LogP contribution in [0.1, 0.15) is 71.6 Å². The third-order valence-electron chi connectivity index (χ3n) is 7.29. The Morgan fingerprint density at radius 2 is 1.84 bits per heavy atom. The van der Waals surface area contributed by atoms with Gasteiger partial charge >= 0.3 is 6.09 Å². The van der Waals surface area contributed by atoms with E-state index in [9.17, 15) is 19.5 Å². The third-order valence-corrected chi connectivity index (χ3v) is 7.29. The van der Waals surface area contributed by atoms with E-state index in [4.69, 9.17) is 4.74 Å². The lowest BCUT2D eigenvalue weighted by Crippen LogP contribution is -2.51. The summed E-state index contributed by atoms with van der Waals surface area (Å²) < 4.78 is 5.53. The van der Waals surface area contributed by atoms with Crippen LogP contribution < -0.4 is 16.0 Å². The number of alkyl carbamates (subject to hydrolysis) is 1. The van der Waals surface area contributed by atoms with E-state index in [-0.39, 0.29) is 30.3 Å². The van der Waals surface area contributed by atoms with Gasteiger partial charge in [-0.2, -0.15) is 0 Å². The lowest BCUT2D eigenvalue weighted by atomic mass is 9.68. The van der Waals surface area contributed by atoms with Crippen molar-refractivity contribution >= 4 is 17.9 Å². The molecule has 0 aromatic rings. The average molecular weight is 452 g/mol. The Bertz CT molecular complexity index is 644. The smallest absolute Gasteiger partial charge is 0.407 e. The first-order valence-electron chi connectivity index (χ1n) is 12.5. The second kappa shape index (κ2) is 11.9. The number of amides is 3. The van der Waals surface area contributed by atoms with Crippen molar-refractivity contribution in [3.8, 4) is 0 Å². The zero-order valence-corrected chi connectivity index (χ0v) is 19.6. The molecule has 4 N–H and O–H groups in total. The van der Waals surface area contributed by atoms with Gasteiger partial charge < -0.3 is 25.8 Å². The van der Waals surface area contributed by atoms with Gasteiger partial charge in [-0.05, 0) is 62.2 Å². The molecule has 0 aromatic heterocycles. The quantitative estimate of drug-likeness (QED) is 0.407. The molecule has 3 aliphatic rings. The molecule has 8 heteroatoms. The van der Waals surface area contributed by atoms with Crippen LogP contribution in [-0.4, -0.2) is 54.9 Å². The van der Waals surface area contributed by atoms with Gasteiger partial charge in [0.25, 0.3) is 0 Å². The van der Waals surface area contributed by atoms with Crippen LogP contribution in [0.2, 0.25) is 0 Å². The van der Waals surface area contributed by atoms with Crippen molar-refractivity contribution in [3.05, 3.63) is 0 Å². The number of hydrogen-bond donors (Lipinski definition) is 4. The maximum atomic E-state index is 12.9. The highest BCUT2D eigenvalue weighted by Gasteiger charge is 2.33. The van der Waals surface area contributed by atoms with Crippen LogP contribution >= 0.6 is 0 Å². The van der Waals surface area contributed by atoms with E-state index in [1.165, 1.54) is 25.7 Å². The third kappa shape index (κ3) is 7.36. The van der Waals surface area contributed by atoms with Gasteiger partial charge in [-0.3, -0.25) is 9.59 Å². The Hall–Kier alpha value is -1.83. The Kier molecular flexibility index (Phi) is 9.20. The Morgan fingerprint density at radius 1 is 1.12 bits per heavy atom. The molecule has 182 valence electrons. The fraction of sp³-hybridized carbons (Fsp3) is 0.875. The van der Waals surface area contributed by atoms with E-state index in [0.717, 1.165) is 24.7 Å². The molecular weight excluding hydrogens is 410 g/mol. The molecular formula is C24H41N3O5. The number of rotatable bonds is 10. The van der Waals surface area contributed by atoms with Crippen LogP contribution in [0.3, 0.4) is 0 Å². The first-order valence-corrected chi connectivity index (χ1v) is 12.5. The van der Waals surface area contributed by atoms with Gasteiger partial charge in [0.15, 0.2) is 0 Å². The van der Waals surface area contributed by atoms with Gasteiger partial charge in [-0.15, -0.1) is 0 Å². The molecule has 1 aliphatic heterocycles. The van der Waals surface area contributed by atoms with E-state index in [2.05, 4.69) is 16.0 Å². The summed E-state index contributed by atoms with van der Waals surface area (Å²) >= 11 is 0. The highest BCUT2D eigenvalue weighted by atomic mass is 16.5. The number of aliphatic hydroxyl groups is 1. The summed E-state index contributed by atoms with van der Waals surface area (Å²) in [5, 5.41) is 18.0. The first kappa shape index (κ1) is 24.8. The van der Waals surface area contributed by atoms with Crippen molar-refractivity contribution in [2.45, 2.75) is 83.7 Å². The van der Waals surface area contributed by atoms with Crippen molar-refractivity contribution in [1.82, 2.24) is 16.0 Å². The van der Waals surface area contributed by atoms with E-state index in [1.807, 2.05) is 13.8 Å². The normalized spacial score (nSPS) is 29.2. The highest BCUT2D eigenvalue weighted by Crippen LogP contribution is 2.42. The number of carbonyl (C=O) groups excluding carboxylic acids is 3. The number of nitrogens with one attached hydrogen (secondary N) is 3. The number of hydrogen-bond acceptors (Lipinski definition) is 5. The first-order chi connectivity index (χ1) is 15.3. The van der Waals surface area contributed by atoms with Gasteiger partial charge in [0.2, 0.25) is 11.8 Å². The van der Waals surface area contributed by atoms with Crippen molar-refractivity contribution in [2.75, 3.05) is 19.8 Å². The standard InChI is InChI=1S/C24H41N3O5/c1-15(2)8-21(23(30)26-20(13-28)12-19-6-7-25-22(19)29)27-24(31)32-14-18-10-16-4-3-5-17(9-16)11-18/h15-21,28H,3-14H2,1-2H3,(H,25,29)(H,26,30)(H,27,31)/t16-,17+,18?,19-,20-,21-/m0/s1. The number of ether oxygens (including phenoxy) is 1. The number of fused-ring (bicyclic) bond motifs is 2. The lowest BCUT2D eigenvalue weighted by molar-refractivity contribution is -0.126. The highest BCUT2D eigenvalue weighted by molar-refractivity contribution is 5.86. The number of aliphatic hydroxyl groups excluding tert-OH is 1. The molecule has 2 bridgehead atoms. The molecule has 1 heterocycles. The minimum absolute atomic E-state index is 0.0371. The zero-order chi connectivity index (χ0) is 23.1. The van der Waals surface area contributed by atoms with E-state index in [1.54, 1.807) is 0 Å². The van der Waals surface area contributed by atoms with Gasteiger partial charge in [0.05, 0.1) is 19.3 Å². The van der Waals surface area contributed by atoms with Crippen LogP contribution in [0.25, 0.3) is 0 Å². The molecule has 6 atom stereocenters. The lowest BCUT2D eigenvalue weighted by Gasteiger charge is -2.38.